The Kier molecular flexibility index (Phi) is 5.33. The minimum Gasteiger partial charge on any atom is -0.316 e. The number of hydrogen-bond acceptors (Lipinski definition) is 3. The minimum atomic E-state index is 0.676. The third-order valence-corrected chi connectivity index (χ3v) is 9.06. The van der Waals surface area contributed by atoms with Crippen LogP contribution in [0.3, 0.4) is 0 Å². The van der Waals surface area contributed by atoms with Gasteiger partial charge in [-0.3, -0.25) is 4.57 Å². The van der Waals surface area contributed by atoms with Crippen LogP contribution in [0.4, 0.5) is 0 Å². The molecule has 9 rings (SSSR count). The Labute approximate surface area is 251 Å². The number of fused-ring (bicyclic) bond motifs is 6. The monoisotopic (exact) mass is 568 g/mol. The van der Waals surface area contributed by atoms with Crippen molar-refractivity contribution in [3.63, 3.8) is 0 Å². The van der Waals surface area contributed by atoms with E-state index >= 15 is 0 Å². The minimum absolute atomic E-state index is 0.676. The molecule has 5 aromatic carbocycles. The third-order valence-electron chi connectivity index (χ3n) is 8.33. The van der Waals surface area contributed by atoms with E-state index in [0.29, 0.717) is 5.95 Å². The number of thiophene rings is 1. The molecule has 43 heavy (non-hydrogen) atoms. The second-order valence-corrected chi connectivity index (χ2v) is 11.5. The highest BCUT2D eigenvalue weighted by Crippen LogP contribution is 2.40. The van der Waals surface area contributed by atoms with E-state index in [1.54, 1.807) is 11.3 Å². The fraction of sp³-hybridized carbons (Fsp3) is 0. The molecule has 4 nitrogen and oxygen atoms in total. The number of aromatic nitrogens is 4. The lowest BCUT2D eigenvalue weighted by Gasteiger charge is -2.13. The predicted octanol–water partition coefficient (Wildman–Crippen LogP) is 10.1. The molecule has 4 aromatic heterocycles. The molecule has 0 radical (unpaired) electrons. The highest BCUT2D eigenvalue weighted by molar-refractivity contribution is 7.09. The van der Waals surface area contributed by atoms with E-state index in [1.807, 2.05) is 0 Å². The third kappa shape index (κ3) is 3.69. The molecule has 0 N–H and O–H groups in total. The van der Waals surface area contributed by atoms with Crippen LogP contribution in [0.15, 0.2) is 144 Å². The van der Waals surface area contributed by atoms with Crippen molar-refractivity contribution in [2.45, 2.75) is 0 Å². The smallest absolute Gasteiger partial charge is 0.235 e. The summed E-state index contributed by atoms with van der Waals surface area (Å²) < 4.78 is 4.51. The molecule has 0 saturated heterocycles. The van der Waals surface area contributed by atoms with Crippen molar-refractivity contribution >= 4 is 54.9 Å². The summed E-state index contributed by atoms with van der Waals surface area (Å²) in [5.41, 5.74) is 9.81. The molecule has 0 saturated carbocycles. The fourth-order valence-corrected chi connectivity index (χ4v) is 7.15. The summed E-state index contributed by atoms with van der Waals surface area (Å²) in [5.74, 6) is 0.676. The summed E-state index contributed by atoms with van der Waals surface area (Å²) in [5, 5.41) is 8.91. The van der Waals surface area contributed by atoms with E-state index in [4.69, 9.17) is 9.97 Å². The molecule has 0 unspecified atom stereocenters. The molecule has 9 aromatic rings. The van der Waals surface area contributed by atoms with Crippen LogP contribution in [-0.4, -0.2) is 19.1 Å². The number of para-hydroxylation sites is 2. The van der Waals surface area contributed by atoms with Gasteiger partial charge in [-0.25, -0.2) is 9.97 Å². The number of rotatable bonds is 4. The maximum Gasteiger partial charge on any atom is 0.235 e. The second kappa shape index (κ2) is 9.51. The van der Waals surface area contributed by atoms with Crippen molar-refractivity contribution in [2.75, 3.05) is 0 Å². The summed E-state index contributed by atoms with van der Waals surface area (Å²) in [4.78, 5) is 10.6. The molecule has 0 fully saturated rings. The van der Waals surface area contributed by atoms with Gasteiger partial charge in [-0.15, -0.1) is 11.3 Å². The first kappa shape index (κ1) is 24.1. The van der Waals surface area contributed by atoms with Crippen LogP contribution in [0.25, 0.3) is 77.6 Å². The van der Waals surface area contributed by atoms with Crippen molar-refractivity contribution in [1.29, 1.82) is 0 Å². The first-order valence-corrected chi connectivity index (χ1v) is 15.3. The van der Waals surface area contributed by atoms with Crippen LogP contribution in [0.5, 0.6) is 0 Å². The highest BCUT2D eigenvalue weighted by Gasteiger charge is 2.21. The lowest BCUT2D eigenvalue weighted by molar-refractivity contribution is 1.02. The van der Waals surface area contributed by atoms with Crippen LogP contribution >= 0.6 is 11.3 Å². The molecule has 0 amide bonds. The molecule has 5 heteroatoms. The summed E-state index contributed by atoms with van der Waals surface area (Å²) in [6.45, 7) is 0. The van der Waals surface area contributed by atoms with Gasteiger partial charge in [-0.1, -0.05) is 97.1 Å². The molecule has 0 bridgehead atoms. The van der Waals surface area contributed by atoms with Crippen LogP contribution in [0.2, 0.25) is 0 Å². The standard InChI is InChI=1S/C38H24N4S/c1-3-11-25(12-4-1)27-15-7-8-17-29(27)36-32-23-43-24-33(32)39-38(40-36)42-35-18-10-9-16-28(35)30-19-20-34-31(37(30)42)21-22-41(34)26-13-5-2-6-14-26/h1-24H. The van der Waals surface area contributed by atoms with Gasteiger partial charge in [0, 0.05) is 49.8 Å². The zero-order valence-corrected chi connectivity index (χ0v) is 23.9. The lowest BCUT2D eigenvalue weighted by atomic mass is 9.96. The topological polar surface area (TPSA) is 35.6 Å². The average Bonchev–Trinajstić information content (AvgIpc) is 3.81. The van der Waals surface area contributed by atoms with Crippen molar-refractivity contribution in [2.24, 2.45) is 0 Å². The summed E-state index contributed by atoms with van der Waals surface area (Å²) in [6, 6.07) is 44.9. The Bertz CT molecular complexity index is 2450. The van der Waals surface area contributed by atoms with Gasteiger partial charge in [0.2, 0.25) is 5.95 Å². The van der Waals surface area contributed by atoms with E-state index in [0.717, 1.165) is 55.3 Å². The van der Waals surface area contributed by atoms with Gasteiger partial charge in [0.25, 0.3) is 0 Å². The van der Waals surface area contributed by atoms with E-state index in [-0.39, 0.29) is 0 Å². The van der Waals surface area contributed by atoms with E-state index in [9.17, 15) is 0 Å². The Balaban J connectivity index is 1.37. The van der Waals surface area contributed by atoms with Gasteiger partial charge in [0.15, 0.2) is 0 Å². The fourth-order valence-electron chi connectivity index (χ4n) is 6.41. The van der Waals surface area contributed by atoms with Crippen LogP contribution in [0, 0.1) is 0 Å². The van der Waals surface area contributed by atoms with Gasteiger partial charge in [-0.05, 0) is 41.5 Å². The van der Waals surface area contributed by atoms with Crippen molar-refractivity contribution < 1.29 is 0 Å². The largest absolute Gasteiger partial charge is 0.316 e. The molecular weight excluding hydrogens is 545 g/mol. The zero-order chi connectivity index (χ0) is 28.3. The van der Waals surface area contributed by atoms with Crippen LogP contribution in [-0.2, 0) is 0 Å². The van der Waals surface area contributed by atoms with Crippen molar-refractivity contribution in [3.8, 4) is 34.0 Å². The molecule has 0 spiro atoms. The van der Waals surface area contributed by atoms with Crippen molar-refractivity contribution in [3.05, 3.63) is 144 Å². The van der Waals surface area contributed by atoms with Gasteiger partial charge in [0.05, 0.1) is 27.8 Å². The van der Waals surface area contributed by atoms with Gasteiger partial charge in [-0.2, -0.15) is 0 Å². The maximum atomic E-state index is 5.40. The van der Waals surface area contributed by atoms with Gasteiger partial charge < -0.3 is 4.57 Å². The predicted molar refractivity (Wildman–Crippen MR) is 179 cm³/mol. The number of benzene rings is 5. The first-order chi connectivity index (χ1) is 21.3. The molecular formula is C38H24N4S. The molecule has 0 aliphatic heterocycles. The summed E-state index contributed by atoms with van der Waals surface area (Å²) in [6.07, 6.45) is 2.16. The highest BCUT2D eigenvalue weighted by atomic mass is 32.1. The quantitative estimate of drug-likeness (QED) is 0.212. The molecule has 0 atom stereocenters. The molecule has 0 aliphatic carbocycles. The maximum absolute atomic E-state index is 5.40. The average molecular weight is 569 g/mol. The Hall–Kier alpha value is -5.52. The molecule has 202 valence electrons. The molecule has 4 heterocycles. The Morgan fingerprint density at radius 1 is 0.512 bits per heavy atom. The number of nitrogens with zero attached hydrogens (tertiary/aromatic N) is 4. The molecule has 0 aliphatic rings. The normalized spacial score (nSPS) is 11.7. The zero-order valence-electron chi connectivity index (χ0n) is 23.1. The second-order valence-electron chi connectivity index (χ2n) is 10.7. The Morgan fingerprint density at radius 3 is 2.12 bits per heavy atom. The SMILES string of the molecule is c1ccc(-c2ccccc2-c2nc(-n3c4ccccc4c4ccc5c(ccn5-c5ccccc5)c43)nc3cscc23)cc1. The van der Waals surface area contributed by atoms with Crippen molar-refractivity contribution in [1.82, 2.24) is 19.1 Å². The van der Waals surface area contributed by atoms with E-state index in [1.165, 1.54) is 16.3 Å². The van der Waals surface area contributed by atoms with Gasteiger partial charge >= 0.3 is 0 Å². The summed E-state index contributed by atoms with van der Waals surface area (Å²) in [7, 11) is 0. The lowest BCUT2D eigenvalue weighted by Crippen LogP contribution is -2.03. The van der Waals surface area contributed by atoms with Crippen LogP contribution in [0.1, 0.15) is 0 Å². The Morgan fingerprint density at radius 2 is 1.26 bits per heavy atom. The van der Waals surface area contributed by atoms with Gasteiger partial charge in [0.1, 0.15) is 0 Å². The first-order valence-electron chi connectivity index (χ1n) is 14.3. The summed E-state index contributed by atoms with van der Waals surface area (Å²) >= 11 is 1.66. The number of hydrogen-bond donors (Lipinski definition) is 0. The van der Waals surface area contributed by atoms with Crippen LogP contribution < -0.4 is 0 Å². The van der Waals surface area contributed by atoms with E-state index in [2.05, 4.69) is 153 Å². The van der Waals surface area contributed by atoms with E-state index < -0.39 is 0 Å².